The van der Waals surface area contributed by atoms with Crippen molar-refractivity contribution in [3.8, 4) is 11.8 Å². The summed E-state index contributed by atoms with van der Waals surface area (Å²) in [4.78, 5) is 9.91. The maximum atomic E-state index is 5.50. The zero-order chi connectivity index (χ0) is 12.0. The molecule has 0 saturated heterocycles. The van der Waals surface area contributed by atoms with Gasteiger partial charge in [0.2, 0.25) is 17.7 Å². The average Bonchev–Trinajstić information content (AvgIpc) is 2.23. The first-order chi connectivity index (χ1) is 7.61. The Labute approximate surface area is 95.4 Å². The summed E-state index contributed by atoms with van der Waals surface area (Å²) in [7, 11) is 5.56. The summed E-state index contributed by atoms with van der Waals surface area (Å²) in [6, 6.07) is 1.62. The number of methoxy groups -OCH3 is 1. The molecule has 90 valence electrons. The molecule has 0 amide bonds. The van der Waals surface area contributed by atoms with E-state index in [-0.39, 0.29) is 5.95 Å². The lowest BCUT2D eigenvalue weighted by Crippen LogP contribution is -2.15. The number of anilines is 1. The molecule has 0 aromatic carbocycles. The molecule has 1 aromatic rings. The first-order valence-corrected chi connectivity index (χ1v) is 5.08. The number of nitrogens with zero attached hydrogens (tertiary/aromatic N) is 3. The van der Waals surface area contributed by atoms with Crippen LogP contribution in [0.15, 0.2) is 6.07 Å². The first kappa shape index (κ1) is 12.5. The van der Waals surface area contributed by atoms with Gasteiger partial charge in [0, 0.05) is 6.54 Å². The highest BCUT2D eigenvalue weighted by Crippen LogP contribution is 2.15. The molecule has 6 heteroatoms. The number of nitrogen functional groups attached to an aromatic ring is 1. The van der Waals surface area contributed by atoms with Gasteiger partial charge < -0.3 is 20.1 Å². The molecule has 0 radical (unpaired) electrons. The van der Waals surface area contributed by atoms with E-state index in [1.54, 1.807) is 6.07 Å². The zero-order valence-corrected chi connectivity index (χ0v) is 9.93. The molecule has 1 rings (SSSR count). The lowest BCUT2D eigenvalue weighted by atomic mass is 10.4. The fourth-order valence-corrected chi connectivity index (χ4v) is 1.16. The smallest absolute Gasteiger partial charge is 0.226 e. The fourth-order valence-electron chi connectivity index (χ4n) is 1.16. The number of ether oxygens (including phenoxy) is 2. The predicted molar refractivity (Wildman–Crippen MR) is 61.7 cm³/mol. The number of hydrogen-bond donors (Lipinski definition) is 1. The lowest BCUT2D eigenvalue weighted by molar-refractivity contribution is 0.271. The Balaban J connectivity index is 2.44. The molecule has 0 fully saturated rings. The molecule has 16 heavy (non-hydrogen) atoms. The van der Waals surface area contributed by atoms with E-state index in [4.69, 9.17) is 15.2 Å². The molecule has 0 aliphatic rings. The standard InChI is InChI=1S/C10H18N4O2/c1-14(2)5-4-6-16-9-7-8(15-3)12-10(11)13-9/h7H,4-6H2,1-3H3,(H2,11,12,13). The number of hydrogen-bond acceptors (Lipinski definition) is 6. The summed E-state index contributed by atoms with van der Waals surface area (Å²) in [5, 5.41) is 0. The largest absolute Gasteiger partial charge is 0.481 e. The van der Waals surface area contributed by atoms with Crippen molar-refractivity contribution in [2.45, 2.75) is 6.42 Å². The number of nitrogens with two attached hydrogens (primary N) is 1. The van der Waals surface area contributed by atoms with Gasteiger partial charge in [-0.15, -0.1) is 0 Å². The minimum Gasteiger partial charge on any atom is -0.481 e. The fraction of sp³-hybridized carbons (Fsp3) is 0.600. The van der Waals surface area contributed by atoms with Crippen LogP contribution >= 0.6 is 0 Å². The van der Waals surface area contributed by atoms with Gasteiger partial charge in [-0.25, -0.2) is 0 Å². The molecule has 6 nitrogen and oxygen atoms in total. The van der Waals surface area contributed by atoms with Crippen LogP contribution in [0.2, 0.25) is 0 Å². The van der Waals surface area contributed by atoms with Crippen molar-refractivity contribution in [1.29, 1.82) is 0 Å². The summed E-state index contributed by atoms with van der Waals surface area (Å²) in [6.07, 6.45) is 0.930. The van der Waals surface area contributed by atoms with E-state index in [9.17, 15) is 0 Å². The Bertz CT molecular complexity index is 331. The van der Waals surface area contributed by atoms with Crippen LogP contribution in [0.5, 0.6) is 11.8 Å². The summed E-state index contributed by atoms with van der Waals surface area (Å²) in [6.45, 7) is 1.56. The molecule has 0 spiro atoms. The van der Waals surface area contributed by atoms with Gasteiger partial charge in [0.15, 0.2) is 0 Å². The Kier molecular flexibility index (Phi) is 4.78. The van der Waals surface area contributed by atoms with Gasteiger partial charge in [-0.05, 0) is 20.5 Å². The Morgan fingerprint density at radius 3 is 2.62 bits per heavy atom. The second kappa shape index (κ2) is 6.12. The second-order valence-electron chi connectivity index (χ2n) is 3.61. The zero-order valence-electron chi connectivity index (χ0n) is 9.93. The van der Waals surface area contributed by atoms with Crippen LogP contribution in [0.25, 0.3) is 0 Å². The van der Waals surface area contributed by atoms with Gasteiger partial charge in [-0.1, -0.05) is 0 Å². The topological polar surface area (TPSA) is 73.5 Å². The second-order valence-corrected chi connectivity index (χ2v) is 3.61. The Morgan fingerprint density at radius 1 is 1.31 bits per heavy atom. The SMILES string of the molecule is COc1cc(OCCCN(C)C)nc(N)n1. The molecular weight excluding hydrogens is 208 g/mol. The molecule has 0 aliphatic heterocycles. The van der Waals surface area contributed by atoms with E-state index < -0.39 is 0 Å². The van der Waals surface area contributed by atoms with Gasteiger partial charge >= 0.3 is 0 Å². The van der Waals surface area contributed by atoms with E-state index in [1.807, 2.05) is 14.1 Å². The maximum absolute atomic E-state index is 5.50. The maximum Gasteiger partial charge on any atom is 0.226 e. The molecule has 0 unspecified atom stereocenters. The monoisotopic (exact) mass is 226 g/mol. The van der Waals surface area contributed by atoms with Crippen molar-refractivity contribution < 1.29 is 9.47 Å². The molecule has 0 saturated carbocycles. The highest BCUT2D eigenvalue weighted by Gasteiger charge is 2.03. The van der Waals surface area contributed by atoms with Crippen LogP contribution in [0.1, 0.15) is 6.42 Å². The van der Waals surface area contributed by atoms with Crippen LogP contribution < -0.4 is 15.2 Å². The van der Waals surface area contributed by atoms with Crippen LogP contribution in [-0.2, 0) is 0 Å². The Morgan fingerprint density at radius 2 is 2.00 bits per heavy atom. The van der Waals surface area contributed by atoms with Crippen molar-refractivity contribution >= 4 is 5.95 Å². The van der Waals surface area contributed by atoms with E-state index in [0.29, 0.717) is 18.4 Å². The van der Waals surface area contributed by atoms with Gasteiger partial charge in [-0.2, -0.15) is 9.97 Å². The molecular formula is C10H18N4O2. The highest BCUT2D eigenvalue weighted by atomic mass is 16.5. The van der Waals surface area contributed by atoms with Gasteiger partial charge in [0.1, 0.15) is 0 Å². The summed E-state index contributed by atoms with van der Waals surface area (Å²) in [5.41, 5.74) is 5.50. The van der Waals surface area contributed by atoms with Gasteiger partial charge in [-0.3, -0.25) is 0 Å². The molecule has 1 heterocycles. The summed E-state index contributed by atoms with van der Waals surface area (Å²) in [5.74, 6) is 1.01. The van der Waals surface area contributed by atoms with E-state index in [2.05, 4.69) is 14.9 Å². The van der Waals surface area contributed by atoms with Crippen LogP contribution in [0.3, 0.4) is 0 Å². The van der Waals surface area contributed by atoms with Crippen molar-refractivity contribution in [2.75, 3.05) is 40.1 Å². The van der Waals surface area contributed by atoms with Gasteiger partial charge in [0.25, 0.3) is 0 Å². The van der Waals surface area contributed by atoms with Crippen molar-refractivity contribution in [3.05, 3.63) is 6.07 Å². The number of rotatable bonds is 6. The van der Waals surface area contributed by atoms with Crippen LogP contribution in [-0.4, -0.2) is 49.2 Å². The molecule has 2 N–H and O–H groups in total. The van der Waals surface area contributed by atoms with Crippen molar-refractivity contribution in [3.63, 3.8) is 0 Å². The van der Waals surface area contributed by atoms with Crippen LogP contribution in [0.4, 0.5) is 5.95 Å². The molecule has 1 aromatic heterocycles. The third kappa shape index (κ3) is 4.31. The normalized spacial score (nSPS) is 10.5. The summed E-state index contributed by atoms with van der Waals surface area (Å²) >= 11 is 0. The quantitative estimate of drug-likeness (QED) is 0.708. The minimum atomic E-state index is 0.155. The summed E-state index contributed by atoms with van der Waals surface area (Å²) < 4.78 is 10.4. The van der Waals surface area contributed by atoms with E-state index >= 15 is 0 Å². The molecule has 0 aliphatic carbocycles. The average molecular weight is 226 g/mol. The Hall–Kier alpha value is -1.56. The van der Waals surface area contributed by atoms with E-state index in [0.717, 1.165) is 13.0 Å². The third-order valence-corrected chi connectivity index (χ3v) is 1.91. The van der Waals surface area contributed by atoms with Crippen molar-refractivity contribution in [2.24, 2.45) is 0 Å². The predicted octanol–water partition coefficient (Wildman–Crippen LogP) is 0.398. The third-order valence-electron chi connectivity index (χ3n) is 1.91. The number of aromatic nitrogens is 2. The van der Waals surface area contributed by atoms with Crippen LogP contribution in [0, 0.1) is 0 Å². The van der Waals surface area contributed by atoms with Gasteiger partial charge in [0.05, 0.1) is 19.8 Å². The van der Waals surface area contributed by atoms with E-state index in [1.165, 1.54) is 7.11 Å². The minimum absolute atomic E-state index is 0.155. The van der Waals surface area contributed by atoms with Crippen molar-refractivity contribution in [1.82, 2.24) is 14.9 Å². The highest BCUT2D eigenvalue weighted by molar-refractivity contribution is 5.29. The lowest BCUT2D eigenvalue weighted by Gasteiger charge is -2.10. The molecule has 0 atom stereocenters. The molecule has 0 bridgehead atoms. The first-order valence-electron chi connectivity index (χ1n) is 5.08.